The molecule has 1 aliphatic rings. The van der Waals surface area contributed by atoms with E-state index < -0.39 is 17.9 Å². The molecule has 1 saturated heterocycles. The number of hydrogen-bond donors (Lipinski definition) is 3. The van der Waals surface area contributed by atoms with Gasteiger partial charge in [-0.1, -0.05) is 0 Å². The molecule has 0 aromatic carbocycles. The Balaban J connectivity index is 2.51. The Bertz CT molecular complexity index is 292. The Morgan fingerprint density at radius 2 is 2.20 bits per heavy atom. The summed E-state index contributed by atoms with van der Waals surface area (Å²) >= 11 is 0. The quantitative estimate of drug-likeness (QED) is 0.468. The van der Waals surface area contributed by atoms with Crippen LogP contribution in [0.3, 0.4) is 0 Å². The zero-order valence-corrected chi connectivity index (χ0v) is 8.23. The molecule has 1 heterocycles. The van der Waals surface area contributed by atoms with Gasteiger partial charge >= 0.3 is 0 Å². The van der Waals surface area contributed by atoms with Gasteiger partial charge in [0, 0.05) is 13.1 Å². The van der Waals surface area contributed by atoms with Gasteiger partial charge in [0.15, 0.2) is 0 Å². The normalized spacial score (nSPS) is 18.2. The fraction of sp³-hybridized carbons (Fsp3) is 0.625. The first kappa shape index (κ1) is 11.4. The molecule has 0 spiro atoms. The molecule has 0 radical (unpaired) electrons. The average Bonchev–Trinajstić information content (AvgIpc) is 2.15. The van der Waals surface area contributed by atoms with Gasteiger partial charge in [-0.05, 0) is 0 Å². The van der Waals surface area contributed by atoms with Gasteiger partial charge in [-0.2, -0.15) is 0 Å². The fourth-order valence-corrected chi connectivity index (χ4v) is 1.37. The largest absolute Gasteiger partial charge is 0.370 e. The van der Waals surface area contributed by atoms with Crippen LogP contribution in [0.15, 0.2) is 0 Å². The molecule has 0 bridgehead atoms. The fourth-order valence-electron chi connectivity index (χ4n) is 1.37. The van der Waals surface area contributed by atoms with Crippen molar-refractivity contribution in [2.24, 2.45) is 11.5 Å². The number of carbonyl (C=O) groups excluding carboxylic acids is 3. The molecule has 1 aliphatic heterocycles. The molecule has 1 atom stereocenters. The molecule has 0 aromatic heterocycles. The maximum Gasteiger partial charge on any atom is 0.240 e. The Kier molecular flexibility index (Phi) is 3.62. The predicted octanol–water partition coefficient (Wildman–Crippen LogP) is -2.85. The van der Waals surface area contributed by atoms with Gasteiger partial charge < -0.3 is 21.7 Å². The Morgan fingerprint density at radius 3 is 2.73 bits per heavy atom. The summed E-state index contributed by atoms with van der Waals surface area (Å²) < 4.78 is 0. The standard InChI is InChI=1S/C8H14N4O3/c9-5(3-6(10)13)8(15)12-2-1-11-7(14)4-12/h5H,1-4,9H2,(H2,10,13)(H,11,14). The molecule has 5 N–H and O–H groups in total. The lowest BCUT2D eigenvalue weighted by Gasteiger charge is -2.28. The summed E-state index contributed by atoms with van der Waals surface area (Å²) in [5.41, 5.74) is 10.4. The van der Waals surface area contributed by atoms with E-state index in [-0.39, 0.29) is 18.9 Å². The van der Waals surface area contributed by atoms with Crippen molar-refractivity contribution in [3.63, 3.8) is 0 Å². The number of carbonyl (C=O) groups is 3. The molecule has 0 aliphatic carbocycles. The van der Waals surface area contributed by atoms with E-state index in [0.717, 1.165) is 0 Å². The van der Waals surface area contributed by atoms with Crippen LogP contribution < -0.4 is 16.8 Å². The number of nitrogens with one attached hydrogen (secondary N) is 1. The van der Waals surface area contributed by atoms with E-state index in [1.807, 2.05) is 0 Å². The van der Waals surface area contributed by atoms with E-state index in [2.05, 4.69) is 5.32 Å². The van der Waals surface area contributed by atoms with Crippen LogP contribution >= 0.6 is 0 Å². The maximum absolute atomic E-state index is 11.6. The van der Waals surface area contributed by atoms with Gasteiger partial charge in [-0.25, -0.2) is 0 Å². The maximum atomic E-state index is 11.6. The second-order valence-corrected chi connectivity index (χ2v) is 3.39. The highest BCUT2D eigenvalue weighted by molar-refractivity contribution is 5.91. The Morgan fingerprint density at radius 1 is 1.53 bits per heavy atom. The van der Waals surface area contributed by atoms with Crippen LogP contribution in [0.5, 0.6) is 0 Å². The molecule has 1 unspecified atom stereocenters. The molecule has 0 saturated carbocycles. The van der Waals surface area contributed by atoms with Crippen LogP contribution in [0, 0.1) is 0 Å². The van der Waals surface area contributed by atoms with Crippen molar-refractivity contribution in [1.29, 1.82) is 0 Å². The predicted molar refractivity (Wildman–Crippen MR) is 51.4 cm³/mol. The summed E-state index contributed by atoms with van der Waals surface area (Å²) in [6.07, 6.45) is -0.197. The molecular formula is C8H14N4O3. The van der Waals surface area contributed by atoms with E-state index in [1.54, 1.807) is 0 Å². The van der Waals surface area contributed by atoms with Crippen molar-refractivity contribution in [2.75, 3.05) is 19.6 Å². The lowest BCUT2D eigenvalue weighted by molar-refractivity contribution is -0.140. The van der Waals surface area contributed by atoms with Crippen molar-refractivity contribution in [3.8, 4) is 0 Å². The highest BCUT2D eigenvalue weighted by atomic mass is 16.2. The van der Waals surface area contributed by atoms with Gasteiger partial charge in [0.2, 0.25) is 17.7 Å². The van der Waals surface area contributed by atoms with Crippen molar-refractivity contribution in [3.05, 3.63) is 0 Å². The summed E-state index contributed by atoms with van der Waals surface area (Å²) in [5, 5.41) is 2.58. The van der Waals surface area contributed by atoms with Gasteiger partial charge in [-0.3, -0.25) is 14.4 Å². The second kappa shape index (κ2) is 4.74. The third-order valence-electron chi connectivity index (χ3n) is 2.09. The van der Waals surface area contributed by atoms with Gasteiger partial charge in [0.25, 0.3) is 0 Å². The Labute approximate surface area is 86.8 Å². The number of nitrogens with two attached hydrogens (primary N) is 2. The number of primary amides is 1. The van der Waals surface area contributed by atoms with E-state index in [4.69, 9.17) is 11.5 Å². The first-order chi connectivity index (χ1) is 7.00. The lowest BCUT2D eigenvalue weighted by atomic mass is 10.1. The van der Waals surface area contributed by atoms with Gasteiger partial charge in [0.05, 0.1) is 19.0 Å². The first-order valence-electron chi connectivity index (χ1n) is 4.60. The molecule has 3 amide bonds. The molecule has 84 valence electrons. The van der Waals surface area contributed by atoms with Crippen LogP contribution in [0.1, 0.15) is 6.42 Å². The Hall–Kier alpha value is -1.63. The van der Waals surface area contributed by atoms with Crippen molar-refractivity contribution < 1.29 is 14.4 Å². The summed E-state index contributed by atoms with van der Waals surface area (Å²) in [4.78, 5) is 34.5. The van der Waals surface area contributed by atoms with Crippen molar-refractivity contribution in [1.82, 2.24) is 10.2 Å². The third-order valence-corrected chi connectivity index (χ3v) is 2.09. The van der Waals surface area contributed by atoms with E-state index in [1.165, 1.54) is 4.90 Å². The molecule has 1 rings (SSSR count). The minimum Gasteiger partial charge on any atom is -0.370 e. The first-order valence-corrected chi connectivity index (χ1v) is 4.60. The van der Waals surface area contributed by atoms with Crippen molar-refractivity contribution >= 4 is 17.7 Å². The van der Waals surface area contributed by atoms with E-state index in [9.17, 15) is 14.4 Å². The molecule has 15 heavy (non-hydrogen) atoms. The summed E-state index contributed by atoms with van der Waals surface area (Å²) in [6.45, 7) is 0.816. The van der Waals surface area contributed by atoms with E-state index in [0.29, 0.717) is 13.1 Å². The highest BCUT2D eigenvalue weighted by Crippen LogP contribution is 1.99. The number of piperazine rings is 1. The molecule has 1 fully saturated rings. The SMILES string of the molecule is NC(=O)CC(N)C(=O)N1CCNC(=O)C1. The zero-order chi connectivity index (χ0) is 11.4. The van der Waals surface area contributed by atoms with Crippen LogP contribution in [0.2, 0.25) is 0 Å². The second-order valence-electron chi connectivity index (χ2n) is 3.39. The van der Waals surface area contributed by atoms with E-state index >= 15 is 0 Å². The molecular weight excluding hydrogens is 200 g/mol. The number of amides is 3. The lowest BCUT2D eigenvalue weighted by Crippen LogP contribution is -2.54. The minimum atomic E-state index is -0.951. The average molecular weight is 214 g/mol. The van der Waals surface area contributed by atoms with Crippen LogP contribution in [0.25, 0.3) is 0 Å². The summed E-state index contributed by atoms with van der Waals surface area (Å²) in [5.74, 6) is -1.26. The molecule has 7 heteroatoms. The van der Waals surface area contributed by atoms with Gasteiger partial charge in [0.1, 0.15) is 0 Å². The number of nitrogens with zero attached hydrogens (tertiary/aromatic N) is 1. The zero-order valence-electron chi connectivity index (χ0n) is 8.23. The van der Waals surface area contributed by atoms with Crippen molar-refractivity contribution in [2.45, 2.75) is 12.5 Å². The summed E-state index contributed by atoms with van der Waals surface area (Å²) in [6, 6.07) is -0.951. The molecule has 0 aromatic rings. The highest BCUT2D eigenvalue weighted by Gasteiger charge is 2.26. The van der Waals surface area contributed by atoms with Crippen LogP contribution in [-0.2, 0) is 14.4 Å². The minimum absolute atomic E-state index is 0.00864. The smallest absolute Gasteiger partial charge is 0.240 e. The third kappa shape index (κ3) is 3.21. The summed E-state index contributed by atoms with van der Waals surface area (Å²) in [7, 11) is 0. The topological polar surface area (TPSA) is 119 Å². The number of rotatable bonds is 3. The van der Waals surface area contributed by atoms with Gasteiger partial charge in [-0.15, -0.1) is 0 Å². The monoisotopic (exact) mass is 214 g/mol. The van der Waals surface area contributed by atoms with Crippen LogP contribution in [-0.4, -0.2) is 48.3 Å². The number of hydrogen-bond acceptors (Lipinski definition) is 4. The van der Waals surface area contributed by atoms with Crippen LogP contribution in [0.4, 0.5) is 0 Å². The molecule has 7 nitrogen and oxygen atoms in total.